The molecule has 0 aliphatic heterocycles. The van der Waals surface area contributed by atoms with Crippen LogP contribution in [0.2, 0.25) is 0 Å². The lowest BCUT2D eigenvalue weighted by molar-refractivity contribution is -0.122. The molecule has 3 N–H and O–H groups in total. The number of carbonyl (C=O) groups excluding carboxylic acids is 1. The minimum atomic E-state index is -0.487. The van der Waals surface area contributed by atoms with E-state index in [1.165, 1.54) is 0 Å². The van der Waals surface area contributed by atoms with Gasteiger partial charge in [0.15, 0.2) is 0 Å². The molecule has 0 aromatic heterocycles. The predicted molar refractivity (Wildman–Crippen MR) is 47.7 cm³/mol. The van der Waals surface area contributed by atoms with Gasteiger partial charge in [0.25, 0.3) is 0 Å². The van der Waals surface area contributed by atoms with Gasteiger partial charge in [-0.3, -0.25) is 4.79 Å². The summed E-state index contributed by atoms with van der Waals surface area (Å²) in [6.07, 6.45) is 2.12. The Kier molecular flexibility index (Phi) is 6.32. The fourth-order valence-corrected chi connectivity index (χ4v) is 0.694. The average Bonchev–Trinajstić information content (AvgIpc) is 2.05. The van der Waals surface area contributed by atoms with Gasteiger partial charge in [-0.15, -0.1) is 6.58 Å². The summed E-state index contributed by atoms with van der Waals surface area (Å²) < 4.78 is 4.76. The van der Waals surface area contributed by atoms with E-state index >= 15 is 0 Å². The number of ether oxygens (including phenoxy) is 1. The average molecular weight is 172 g/mol. The quantitative estimate of drug-likeness (QED) is 0.425. The molecule has 0 rings (SSSR count). The highest BCUT2D eigenvalue weighted by atomic mass is 16.5. The second-order valence-corrected chi connectivity index (χ2v) is 2.41. The fourth-order valence-electron chi connectivity index (χ4n) is 0.694. The Morgan fingerprint density at radius 3 is 3.00 bits per heavy atom. The van der Waals surface area contributed by atoms with Gasteiger partial charge in [0.2, 0.25) is 5.91 Å². The SMILES string of the molecule is C=CCC(N)C(=O)NCCOC. The van der Waals surface area contributed by atoms with Gasteiger partial charge in [-0.05, 0) is 6.42 Å². The second-order valence-electron chi connectivity index (χ2n) is 2.41. The molecule has 0 aromatic carbocycles. The van der Waals surface area contributed by atoms with E-state index in [4.69, 9.17) is 10.5 Å². The summed E-state index contributed by atoms with van der Waals surface area (Å²) in [5.74, 6) is -0.160. The smallest absolute Gasteiger partial charge is 0.237 e. The van der Waals surface area contributed by atoms with Crippen molar-refractivity contribution in [3.05, 3.63) is 12.7 Å². The maximum atomic E-state index is 11.1. The van der Waals surface area contributed by atoms with E-state index in [1.54, 1.807) is 13.2 Å². The molecule has 12 heavy (non-hydrogen) atoms. The zero-order valence-corrected chi connectivity index (χ0v) is 7.38. The molecule has 0 fully saturated rings. The van der Waals surface area contributed by atoms with Gasteiger partial charge >= 0.3 is 0 Å². The minimum Gasteiger partial charge on any atom is -0.383 e. The first-order valence-electron chi connectivity index (χ1n) is 3.85. The molecule has 0 heterocycles. The van der Waals surface area contributed by atoms with Crippen molar-refractivity contribution < 1.29 is 9.53 Å². The largest absolute Gasteiger partial charge is 0.383 e. The van der Waals surface area contributed by atoms with Crippen LogP contribution < -0.4 is 11.1 Å². The van der Waals surface area contributed by atoms with Crippen molar-refractivity contribution in [2.45, 2.75) is 12.5 Å². The van der Waals surface area contributed by atoms with E-state index < -0.39 is 6.04 Å². The first-order chi connectivity index (χ1) is 5.72. The van der Waals surface area contributed by atoms with Gasteiger partial charge in [-0.2, -0.15) is 0 Å². The zero-order chi connectivity index (χ0) is 9.40. The summed E-state index contributed by atoms with van der Waals surface area (Å²) in [5.41, 5.74) is 5.49. The molecular weight excluding hydrogens is 156 g/mol. The van der Waals surface area contributed by atoms with Gasteiger partial charge in [-0.1, -0.05) is 6.08 Å². The summed E-state index contributed by atoms with van der Waals surface area (Å²) in [5, 5.41) is 2.63. The molecule has 0 spiro atoms. The highest BCUT2D eigenvalue weighted by Crippen LogP contribution is 1.87. The van der Waals surface area contributed by atoms with Crippen LogP contribution in [0.1, 0.15) is 6.42 Å². The Bertz CT molecular complexity index is 148. The van der Waals surface area contributed by atoms with Crippen LogP contribution in [-0.2, 0) is 9.53 Å². The number of rotatable bonds is 6. The third-order valence-electron chi connectivity index (χ3n) is 1.36. The summed E-state index contributed by atoms with van der Waals surface area (Å²) in [4.78, 5) is 11.1. The molecule has 0 aliphatic rings. The third kappa shape index (κ3) is 4.87. The molecule has 1 atom stereocenters. The number of amides is 1. The molecule has 0 bridgehead atoms. The summed E-state index contributed by atoms with van der Waals surface area (Å²) in [7, 11) is 1.58. The van der Waals surface area contributed by atoms with Gasteiger partial charge in [0, 0.05) is 13.7 Å². The Balaban J connectivity index is 3.49. The van der Waals surface area contributed by atoms with Crippen LogP contribution >= 0.6 is 0 Å². The van der Waals surface area contributed by atoms with Crippen LogP contribution in [0.3, 0.4) is 0 Å². The summed E-state index contributed by atoms with van der Waals surface area (Å²) >= 11 is 0. The molecule has 0 aromatic rings. The maximum Gasteiger partial charge on any atom is 0.237 e. The zero-order valence-electron chi connectivity index (χ0n) is 7.38. The van der Waals surface area contributed by atoms with Crippen molar-refractivity contribution in [1.82, 2.24) is 5.32 Å². The van der Waals surface area contributed by atoms with E-state index in [9.17, 15) is 4.79 Å². The molecule has 0 radical (unpaired) electrons. The highest BCUT2D eigenvalue weighted by molar-refractivity contribution is 5.81. The minimum absolute atomic E-state index is 0.160. The Labute approximate surface area is 72.8 Å². The molecule has 0 saturated heterocycles. The molecular formula is C8H16N2O2. The van der Waals surface area contributed by atoms with Crippen LogP contribution in [0.4, 0.5) is 0 Å². The van der Waals surface area contributed by atoms with Crippen molar-refractivity contribution in [1.29, 1.82) is 0 Å². The van der Waals surface area contributed by atoms with E-state index in [0.29, 0.717) is 19.6 Å². The van der Waals surface area contributed by atoms with Crippen molar-refractivity contribution in [2.75, 3.05) is 20.3 Å². The van der Waals surface area contributed by atoms with Gasteiger partial charge in [0.1, 0.15) is 0 Å². The lowest BCUT2D eigenvalue weighted by atomic mass is 10.2. The molecule has 4 nitrogen and oxygen atoms in total. The van der Waals surface area contributed by atoms with Crippen LogP contribution in [0.5, 0.6) is 0 Å². The normalized spacial score (nSPS) is 12.2. The Morgan fingerprint density at radius 2 is 2.50 bits per heavy atom. The first-order valence-corrected chi connectivity index (χ1v) is 3.85. The van der Waals surface area contributed by atoms with Crippen molar-refractivity contribution in [3.63, 3.8) is 0 Å². The molecule has 70 valence electrons. The molecule has 0 saturated carbocycles. The Morgan fingerprint density at radius 1 is 1.83 bits per heavy atom. The Hall–Kier alpha value is -0.870. The van der Waals surface area contributed by atoms with Crippen LogP contribution in [0.25, 0.3) is 0 Å². The summed E-state index contributed by atoms with van der Waals surface area (Å²) in [6.45, 7) is 4.50. The second kappa shape index (κ2) is 6.82. The van der Waals surface area contributed by atoms with Crippen molar-refractivity contribution in [3.8, 4) is 0 Å². The maximum absolute atomic E-state index is 11.1. The number of hydrogen-bond acceptors (Lipinski definition) is 3. The summed E-state index contributed by atoms with van der Waals surface area (Å²) in [6, 6.07) is -0.487. The van der Waals surface area contributed by atoms with Crippen LogP contribution in [0, 0.1) is 0 Å². The lowest BCUT2D eigenvalue weighted by Gasteiger charge is -2.09. The monoisotopic (exact) mass is 172 g/mol. The van der Waals surface area contributed by atoms with Crippen LogP contribution in [0.15, 0.2) is 12.7 Å². The molecule has 1 amide bonds. The number of hydrogen-bond donors (Lipinski definition) is 2. The number of nitrogens with two attached hydrogens (primary N) is 1. The highest BCUT2D eigenvalue weighted by Gasteiger charge is 2.09. The molecule has 0 aliphatic carbocycles. The molecule has 1 unspecified atom stereocenters. The van der Waals surface area contributed by atoms with Crippen molar-refractivity contribution >= 4 is 5.91 Å². The lowest BCUT2D eigenvalue weighted by Crippen LogP contribution is -2.41. The predicted octanol–water partition coefficient (Wildman–Crippen LogP) is -0.348. The van der Waals surface area contributed by atoms with Crippen LogP contribution in [-0.4, -0.2) is 32.2 Å². The fraction of sp³-hybridized carbons (Fsp3) is 0.625. The van der Waals surface area contributed by atoms with Gasteiger partial charge in [-0.25, -0.2) is 0 Å². The first kappa shape index (κ1) is 11.1. The topological polar surface area (TPSA) is 64.4 Å². The van der Waals surface area contributed by atoms with Crippen molar-refractivity contribution in [2.24, 2.45) is 5.73 Å². The number of methoxy groups -OCH3 is 1. The van der Waals surface area contributed by atoms with E-state index in [-0.39, 0.29) is 5.91 Å². The number of carbonyl (C=O) groups is 1. The standard InChI is InChI=1S/C8H16N2O2/c1-3-4-7(9)8(11)10-5-6-12-2/h3,7H,1,4-6,9H2,2H3,(H,10,11). The van der Waals surface area contributed by atoms with E-state index in [1.807, 2.05) is 0 Å². The van der Waals surface area contributed by atoms with E-state index in [0.717, 1.165) is 0 Å². The molecule has 4 heteroatoms. The van der Waals surface area contributed by atoms with Gasteiger partial charge in [0.05, 0.1) is 12.6 Å². The van der Waals surface area contributed by atoms with E-state index in [2.05, 4.69) is 11.9 Å². The van der Waals surface area contributed by atoms with Gasteiger partial charge < -0.3 is 15.8 Å². The third-order valence-corrected chi connectivity index (χ3v) is 1.36. The number of nitrogens with one attached hydrogen (secondary N) is 1.